The Balaban J connectivity index is 1.95. The highest BCUT2D eigenvalue weighted by Crippen LogP contribution is 2.13. The molecular weight excluding hydrogens is 226 g/mol. The van der Waals surface area contributed by atoms with Crippen molar-refractivity contribution in [1.29, 1.82) is 0 Å². The van der Waals surface area contributed by atoms with Crippen LogP contribution in [0.4, 0.5) is 0 Å². The average Bonchev–Trinajstić information content (AvgIpc) is 2.46. The van der Waals surface area contributed by atoms with Gasteiger partial charge in [-0.25, -0.2) is 0 Å². The van der Waals surface area contributed by atoms with E-state index in [1.165, 1.54) is 19.3 Å². The zero-order chi connectivity index (χ0) is 12.8. The Kier molecular flexibility index (Phi) is 4.40. The molecule has 3 nitrogen and oxygen atoms in total. The highest BCUT2D eigenvalue weighted by Gasteiger charge is 2.07. The summed E-state index contributed by atoms with van der Waals surface area (Å²) in [6.45, 7) is 2.12. The highest BCUT2D eigenvalue weighted by atomic mass is 16.5. The number of methoxy groups -OCH3 is 1. The van der Waals surface area contributed by atoms with Crippen molar-refractivity contribution < 1.29 is 9.53 Å². The summed E-state index contributed by atoms with van der Waals surface area (Å²) in [5.74, 6) is 0.815. The van der Waals surface area contributed by atoms with Gasteiger partial charge in [0.2, 0.25) is 0 Å². The van der Waals surface area contributed by atoms with Crippen LogP contribution in [0.5, 0.6) is 5.75 Å². The molecule has 1 heterocycles. The third-order valence-corrected chi connectivity index (χ3v) is 3.20. The van der Waals surface area contributed by atoms with Gasteiger partial charge in [0, 0.05) is 30.9 Å². The number of piperidine rings is 1. The lowest BCUT2D eigenvalue weighted by Crippen LogP contribution is -2.24. The summed E-state index contributed by atoms with van der Waals surface area (Å²) in [7, 11) is 1.62. The maximum Gasteiger partial charge on any atom is 0.187 e. The number of ketones is 1. The van der Waals surface area contributed by atoms with Crippen molar-refractivity contribution in [1.82, 2.24) is 4.90 Å². The number of carbonyl (C=O) groups excluding carboxylic acids is 1. The Hall–Kier alpha value is -1.77. The van der Waals surface area contributed by atoms with E-state index in [1.807, 2.05) is 18.3 Å². The fourth-order valence-electron chi connectivity index (χ4n) is 2.09. The molecule has 1 saturated heterocycles. The Morgan fingerprint density at radius 1 is 1.17 bits per heavy atom. The predicted octanol–water partition coefficient (Wildman–Crippen LogP) is 2.88. The smallest absolute Gasteiger partial charge is 0.187 e. The van der Waals surface area contributed by atoms with Crippen LogP contribution in [0.3, 0.4) is 0 Å². The van der Waals surface area contributed by atoms with E-state index in [4.69, 9.17) is 4.74 Å². The van der Waals surface area contributed by atoms with Gasteiger partial charge in [-0.15, -0.1) is 0 Å². The van der Waals surface area contributed by atoms with Gasteiger partial charge in [0.1, 0.15) is 5.75 Å². The van der Waals surface area contributed by atoms with Gasteiger partial charge < -0.3 is 9.64 Å². The van der Waals surface area contributed by atoms with E-state index in [-0.39, 0.29) is 5.78 Å². The zero-order valence-electron chi connectivity index (χ0n) is 10.8. The summed E-state index contributed by atoms with van der Waals surface area (Å²) >= 11 is 0. The SMILES string of the molecule is COc1ccc(C(=O)/C=C/N2CCCCC2)cc1. The lowest BCUT2D eigenvalue weighted by atomic mass is 10.1. The van der Waals surface area contributed by atoms with E-state index in [2.05, 4.69) is 4.90 Å². The first-order chi connectivity index (χ1) is 8.79. The van der Waals surface area contributed by atoms with E-state index >= 15 is 0 Å². The van der Waals surface area contributed by atoms with Gasteiger partial charge in [-0.1, -0.05) is 0 Å². The maximum atomic E-state index is 11.9. The quantitative estimate of drug-likeness (QED) is 0.603. The average molecular weight is 245 g/mol. The molecule has 0 radical (unpaired) electrons. The molecule has 0 amide bonds. The normalized spacial score (nSPS) is 15.9. The lowest BCUT2D eigenvalue weighted by molar-refractivity contribution is 0.104. The second-order valence-electron chi connectivity index (χ2n) is 4.51. The molecule has 1 aromatic carbocycles. The number of allylic oxidation sites excluding steroid dienone is 1. The van der Waals surface area contributed by atoms with Crippen molar-refractivity contribution in [2.45, 2.75) is 19.3 Å². The third kappa shape index (κ3) is 3.36. The van der Waals surface area contributed by atoms with Crippen molar-refractivity contribution in [3.8, 4) is 5.75 Å². The largest absolute Gasteiger partial charge is 0.497 e. The van der Waals surface area contributed by atoms with E-state index < -0.39 is 0 Å². The Morgan fingerprint density at radius 2 is 1.83 bits per heavy atom. The number of nitrogens with zero attached hydrogens (tertiary/aromatic N) is 1. The van der Waals surface area contributed by atoms with Crippen molar-refractivity contribution in [3.05, 3.63) is 42.1 Å². The second-order valence-corrected chi connectivity index (χ2v) is 4.51. The predicted molar refractivity (Wildman–Crippen MR) is 71.9 cm³/mol. The summed E-state index contributed by atoms with van der Waals surface area (Å²) < 4.78 is 5.07. The van der Waals surface area contributed by atoms with Crippen LogP contribution < -0.4 is 4.74 Å². The van der Waals surface area contributed by atoms with Gasteiger partial charge in [0.15, 0.2) is 5.78 Å². The van der Waals surface area contributed by atoms with Gasteiger partial charge in [-0.05, 0) is 43.5 Å². The molecule has 0 bridgehead atoms. The van der Waals surface area contributed by atoms with Crippen LogP contribution in [0.15, 0.2) is 36.5 Å². The molecule has 3 heteroatoms. The number of hydrogen-bond donors (Lipinski definition) is 0. The highest BCUT2D eigenvalue weighted by molar-refractivity contribution is 6.04. The first-order valence-electron chi connectivity index (χ1n) is 6.40. The Labute approximate surface area is 108 Å². The lowest BCUT2D eigenvalue weighted by Gasteiger charge is -2.24. The number of likely N-dealkylation sites (tertiary alicyclic amines) is 1. The minimum Gasteiger partial charge on any atom is -0.497 e. The maximum absolute atomic E-state index is 11.9. The number of hydrogen-bond acceptors (Lipinski definition) is 3. The first kappa shape index (κ1) is 12.7. The molecule has 0 unspecified atom stereocenters. The molecule has 0 aromatic heterocycles. The van der Waals surface area contributed by atoms with Gasteiger partial charge in [0.05, 0.1) is 7.11 Å². The Bertz CT molecular complexity index is 417. The minimum absolute atomic E-state index is 0.0447. The molecule has 1 fully saturated rings. The fourth-order valence-corrected chi connectivity index (χ4v) is 2.09. The fraction of sp³-hybridized carbons (Fsp3) is 0.400. The van der Waals surface area contributed by atoms with Crippen LogP contribution in [0.2, 0.25) is 0 Å². The number of ether oxygens (including phenoxy) is 1. The molecular formula is C15H19NO2. The van der Waals surface area contributed by atoms with Crippen molar-refractivity contribution in [3.63, 3.8) is 0 Å². The minimum atomic E-state index is 0.0447. The van der Waals surface area contributed by atoms with Crippen LogP contribution in [0.1, 0.15) is 29.6 Å². The Morgan fingerprint density at radius 3 is 2.44 bits per heavy atom. The summed E-state index contributed by atoms with van der Waals surface area (Å²) in [6, 6.07) is 7.20. The summed E-state index contributed by atoms with van der Waals surface area (Å²) in [5, 5.41) is 0. The van der Waals surface area contributed by atoms with E-state index in [0.29, 0.717) is 5.56 Å². The second kappa shape index (κ2) is 6.24. The van der Waals surface area contributed by atoms with Crippen molar-refractivity contribution >= 4 is 5.78 Å². The van der Waals surface area contributed by atoms with Crippen LogP contribution in [-0.2, 0) is 0 Å². The van der Waals surface area contributed by atoms with Crippen LogP contribution in [-0.4, -0.2) is 30.9 Å². The number of rotatable bonds is 4. The van der Waals surface area contributed by atoms with Gasteiger partial charge in [0.25, 0.3) is 0 Å². The van der Waals surface area contributed by atoms with Crippen LogP contribution in [0, 0.1) is 0 Å². The molecule has 0 N–H and O–H groups in total. The summed E-state index contributed by atoms with van der Waals surface area (Å²) in [6.07, 6.45) is 7.33. The van der Waals surface area contributed by atoms with Crippen molar-refractivity contribution in [2.75, 3.05) is 20.2 Å². The number of benzene rings is 1. The van der Waals surface area contributed by atoms with Gasteiger partial charge in [-0.2, -0.15) is 0 Å². The molecule has 1 aliphatic heterocycles. The third-order valence-electron chi connectivity index (χ3n) is 3.20. The van der Waals surface area contributed by atoms with Crippen LogP contribution in [0.25, 0.3) is 0 Å². The van der Waals surface area contributed by atoms with E-state index in [1.54, 1.807) is 25.3 Å². The number of carbonyl (C=O) groups is 1. The molecule has 0 spiro atoms. The first-order valence-corrected chi connectivity index (χ1v) is 6.40. The standard InChI is InChI=1S/C15H19NO2/c1-18-14-7-5-13(6-8-14)15(17)9-12-16-10-3-2-4-11-16/h5-9,12H,2-4,10-11H2,1H3/b12-9+. The monoisotopic (exact) mass is 245 g/mol. The van der Waals surface area contributed by atoms with Crippen LogP contribution >= 0.6 is 0 Å². The molecule has 1 aromatic rings. The van der Waals surface area contributed by atoms with Gasteiger partial charge in [-0.3, -0.25) is 4.79 Å². The molecule has 2 rings (SSSR count). The molecule has 1 aliphatic rings. The summed E-state index contributed by atoms with van der Waals surface area (Å²) in [5.41, 5.74) is 0.698. The molecule has 0 saturated carbocycles. The van der Waals surface area contributed by atoms with E-state index in [9.17, 15) is 4.79 Å². The topological polar surface area (TPSA) is 29.5 Å². The molecule has 0 aliphatic carbocycles. The van der Waals surface area contributed by atoms with E-state index in [0.717, 1.165) is 18.8 Å². The van der Waals surface area contributed by atoms with Crippen molar-refractivity contribution in [2.24, 2.45) is 0 Å². The zero-order valence-corrected chi connectivity index (χ0v) is 10.8. The molecule has 0 atom stereocenters. The summed E-state index contributed by atoms with van der Waals surface area (Å²) in [4.78, 5) is 14.1. The molecule has 96 valence electrons. The molecule has 18 heavy (non-hydrogen) atoms. The van der Waals surface area contributed by atoms with Gasteiger partial charge >= 0.3 is 0 Å².